The van der Waals surface area contributed by atoms with E-state index in [0.29, 0.717) is 0 Å². The van der Waals surface area contributed by atoms with Crippen LogP contribution in [-0.2, 0) is 9.59 Å². The molecule has 1 fully saturated rings. The molecule has 0 bridgehead atoms. The molecule has 0 heterocycles. The Balaban J connectivity index is 1.77. The summed E-state index contributed by atoms with van der Waals surface area (Å²) in [5.41, 5.74) is 4.28. The van der Waals surface area contributed by atoms with Crippen molar-refractivity contribution < 1.29 is 9.59 Å². The SMILES string of the molecule is Cc1ccc(C=NNC(=O)C(=O)NC2CCCCC2)cc1. The Kier molecular flexibility index (Phi) is 5.49. The van der Waals surface area contributed by atoms with Gasteiger partial charge in [-0.1, -0.05) is 49.1 Å². The van der Waals surface area contributed by atoms with Crippen LogP contribution in [0.5, 0.6) is 0 Å². The maximum atomic E-state index is 11.7. The summed E-state index contributed by atoms with van der Waals surface area (Å²) in [5, 5.41) is 6.55. The highest BCUT2D eigenvalue weighted by molar-refractivity contribution is 6.35. The Morgan fingerprint density at radius 2 is 1.76 bits per heavy atom. The van der Waals surface area contributed by atoms with Crippen LogP contribution >= 0.6 is 0 Å². The summed E-state index contributed by atoms with van der Waals surface area (Å²) in [5.74, 6) is -1.33. The minimum atomic E-state index is -0.719. The Labute approximate surface area is 124 Å². The number of benzene rings is 1. The van der Waals surface area contributed by atoms with Crippen LogP contribution in [0.2, 0.25) is 0 Å². The van der Waals surface area contributed by atoms with Gasteiger partial charge in [0.1, 0.15) is 0 Å². The molecular formula is C16H21N3O2. The van der Waals surface area contributed by atoms with E-state index in [2.05, 4.69) is 15.8 Å². The van der Waals surface area contributed by atoms with E-state index in [-0.39, 0.29) is 6.04 Å². The first-order chi connectivity index (χ1) is 10.1. The van der Waals surface area contributed by atoms with Crippen molar-refractivity contribution in [3.8, 4) is 0 Å². The van der Waals surface area contributed by atoms with Gasteiger partial charge in [-0.05, 0) is 25.3 Å². The number of nitrogens with one attached hydrogen (secondary N) is 2. The van der Waals surface area contributed by atoms with Gasteiger partial charge in [-0.3, -0.25) is 9.59 Å². The summed E-state index contributed by atoms with van der Waals surface area (Å²) >= 11 is 0. The van der Waals surface area contributed by atoms with E-state index < -0.39 is 11.8 Å². The predicted octanol–water partition coefficient (Wildman–Crippen LogP) is 1.89. The van der Waals surface area contributed by atoms with Crippen molar-refractivity contribution in [3.63, 3.8) is 0 Å². The summed E-state index contributed by atoms with van der Waals surface area (Å²) in [4.78, 5) is 23.3. The molecule has 5 nitrogen and oxygen atoms in total. The van der Waals surface area contributed by atoms with Crippen LogP contribution < -0.4 is 10.7 Å². The second-order valence-electron chi connectivity index (χ2n) is 5.42. The first-order valence-corrected chi connectivity index (χ1v) is 7.36. The van der Waals surface area contributed by atoms with Gasteiger partial charge in [0.15, 0.2) is 0 Å². The number of hydrazone groups is 1. The van der Waals surface area contributed by atoms with Crippen LogP contribution in [0.1, 0.15) is 43.2 Å². The highest BCUT2D eigenvalue weighted by Gasteiger charge is 2.19. The molecule has 0 atom stereocenters. The monoisotopic (exact) mass is 287 g/mol. The van der Waals surface area contributed by atoms with Gasteiger partial charge < -0.3 is 5.32 Å². The Morgan fingerprint density at radius 1 is 1.10 bits per heavy atom. The average Bonchev–Trinajstić information content (AvgIpc) is 2.50. The lowest BCUT2D eigenvalue weighted by molar-refractivity contribution is -0.139. The molecular weight excluding hydrogens is 266 g/mol. The first kappa shape index (κ1) is 15.2. The van der Waals surface area contributed by atoms with Crippen LogP contribution in [0.4, 0.5) is 0 Å². The number of rotatable bonds is 3. The number of hydrogen-bond acceptors (Lipinski definition) is 3. The molecule has 0 spiro atoms. The lowest BCUT2D eigenvalue weighted by Crippen LogP contribution is -2.44. The molecule has 2 amide bonds. The third kappa shape index (κ3) is 5.02. The maximum Gasteiger partial charge on any atom is 0.329 e. The number of carbonyl (C=O) groups excluding carboxylic acids is 2. The van der Waals surface area contributed by atoms with E-state index in [1.54, 1.807) is 0 Å². The van der Waals surface area contributed by atoms with E-state index in [4.69, 9.17) is 0 Å². The quantitative estimate of drug-likeness (QED) is 0.506. The molecule has 0 unspecified atom stereocenters. The molecule has 1 saturated carbocycles. The minimum Gasteiger partial charge on any atom is -0.345 e. The summed E-state index contributed by atoms with van der Waals surface area (Å²) in [6.07, 6.45) is 6.85. The molecule has 1 aliphatic rings. The van der Waals surface area contributed by atoms with E-state index in [1.807, 2.05) is 31.2 Å². The van der Waals surface area contributed by atoms with E-state index in [0.717, 1.165) is 36.8 Å². The highest BCUT2D eigenvalue weighted by Crippen LogP contribution is 2.17. The molecule has 0 saturated heterocycles. The molecule has 112 valence electrons. The van der Waals surface area contributed by atoms with Crippen molar-refractivity contribution in [2.75, 3.05) is 0 Å². The number of carbonyl (C=O) groups is 2. The smallest absolute Gasteiger partial charge is 0.329 e. The van der Waals surface area contributed by atoms with Crippen molar-refractivity contribution in [3.05, 3.63) is 35.4 Å². The number of aryl methyl sites for hydroxylation is 1. The van der Waals surface area contributed by atoms with Gasteiger partial charge in [-0.15, -0.1) is 0 Å². The van der Waals surface area contributed by atoms with Gasteiger partial charge in [0.2, 0.25) is 0 Å². The average molecular weight is 287 g/mol. The lowest BCUT2D eigenvalue weighted by Gasteiger charge is -2.22. The van der Waals surface area contributed by atoms with Gasteiger partial charge >= 0.3 is 11.8 Å². The zero-order valence-corrected chi connectivity index (χ0v) is 12.3. The summed E-state index contributed by atoms with van der Waals surface area (Å²) in [6, 6.07) is 7.83. The Bertz CT molecular complexity index is 517. The topological polar surface area (TPSA) is 70.6 Å². The zero-order valence-electron chi connectivity index (χ0n) is 12.3. The number of nitrogens with zero attached hydrogens (tertiary/aromatic N) is 1. The summed E-state index contributed by atoms with van der Waals surface area (Å²) in [7, 11) is 0. The number of hydrogen-bond donors (Lipinski definition) is 2. The van der Waals surface area contributed by atoms with E-state index in [9.17, 15) is 9.59 Å². The molecule has 0 aromatic heterocycles. The molecule has 0 aliphatic heterocycles. The zero-order chi connectivity index (χ0) is 15.1. The van der Waals surface area contributed by atoms with Crippen LogP contribution in [0.15, 0.2) is 29.4 Å². The van der Waals surface area contributed by atoms with Crippen LogP contribution in [0.3, 0.4) is 0 Å². The molecule has 1 aliphatic carbocycles. The summed E-state index contributed by atoms with van der Waals surface area (Å²) < 4.78 is 0. The van der Waals surface area contributed by atoms with Gasteiger partial charge in [0.05, 0.1) is 6.21 Å². The molecule has 21 heavy (non-hydrogen) atoms. The molecule has 1 aromatic rings. The normalized spacial score (nSPS) is 15.9. The Morgan fingerprint density at radius 3 is 2.43 bits per heavy atom. The molecule has 1 aromatic carbocycles. The van der Waals surface area contributed by atoms with Crippen molar-refractivity contribution in [1.29, 1.82) is 0 Å². The van der Waals surface area contributed by atoms with Crippen molar-refractivity contribution in [2.45, 2.75) is 45.1 Å². The van der Waals surface area contributed by atoms with E-state index >= 15 is 0 Å². The van der Waals surface area contributed by atoms with Crippen LogP contribution in [0.25, 0.3) is 0 Å². The molecule has 5 heteroatoms. The molecule has 2 N–H and O–H groups in total. The standard InChI is InChI=1S/C16H21N3O2/c1-12-7-9-13(10-8-12)11-17-19-16(21)15(20)18-14-5-3-2-4-6-14/h7-11,14H,2-6H2,1H3,(H,18,20)(H,19,21). The first-order valence-electron chi connectivity index (χ1n) is 7.36. The predicted molar refractivity (Wildman–Crippen MR) is 81.9 cm³/mol. The third-order valence-electron chi connectivity index (χ3n) is 3.60. The van der Waals surface area contributed by atoms with Crippen molar-refractivity contribution in [2.24, 2.45) is 5.10 Å². The fraction of sp³-hybridized carbons (Fsp3) is 0.438. The van der Waals surface area contributed by atoms with Crippen molar-refractivity contribution >= 4 is 18.0 Å². The largest absolute Gasteiger partial charge is 0.345 e. The van der Waals surface area contributed by atoms with Crippen molar-refractivity contribution in [1.82, 2.24) is 10.7 Å². The van der Waals surface area contributed by atoms with Gasteiger partial charge in [0, 0.05) is 6.04 Å². The van der Waals surface area contributed by atoms with E-state index in [1.165, 1.54) is 12.6 Å². The van der Waals surface area contributed by atoms with Gasteiger partial charge in [-0.2, -0.15) is 5.10 Å². The Hall–Kier alpha value is -2.17. The fourth-order valence-corrected chi connectivity index (χ4v) is 2.37. The fourth-order valence-electron chi connectivity index (χ4n) is 2.37. The molecule has 0 radical (unpaired) electrons. The van der Waals surface area contributed by atoms with Gasteiger partial charge in [0.25, 0.3) is 0 Å². The minimum absolute atomic E-state index is 0.123. The summed E-state index contributed by atoms with van der Waals surface area (Å²) in [6.45, 7) is 2.00. The second kappa shape index (κ2) is 7.57. The lowest BCUT2D eigenvalue weighted by atomic mass is 9.95. The van der Waals surface area contributed by atoms with Crippen LogP contribution in [-0.4, -0.2) is 24.1 Å². The highest BCUT2D eigenvalue weighted by atomic mass is 16.2. The molecule has 2 rings (SSSR count). The number of amides is 2. The van der Waals surface area contributed by atoms with Crippen LogP contribution in [0, 0.1) is 6.92 Å². The third-order valence-corrected chi connectivity index (χ3v) is 3.60. The second-order valence-corrected chi connectivity index (χ2v) is 5.42. The maximum absolute atomic E-state index is 11.7. The van der Waals surface area contributed by atoms with Gasteiger partial charge in [-0.25, -0.2) is 5.43 Å².